The van der Waals surface area contributed by atoms with Crippen molar-refractivity contribution < 1.29 is 19.1 Å². The molecule has 1 spiro atoms. The number of nitrogens with one attached hydrogen (secondary N) is 1. The maximum absolute atomic E-state index is 12.6. The molecule has 31 heavy (non-hydrogen) atoms. The zero-order chi connectivity index (χ0) is 22.0. The first-order chi connectivity index (χ1) is 14.8. The number of ether oxygens (including phenoxy) is 1. The summed E-state index contributed by atoms with van der Waals surface area (Å²) >= 11 is 0. The minimum absolute atomic E-state index is 0.0178. The Balaban J connectivity index is 1.32. The van der Waals surface area contributed by atoms with Crippen LogP contribution in [0.4, 0.5) is 15.3 Å². The van der Waals surface area contributed by atoms with Gasteiger partial charge in [-0.3, -0.25) is 9.69 Å². The number of piperidine rings is 1. The van der Waals surface area contributed by atoms with Crippen molar-refractivity contribution in [2.75, 3.05) is 25.0 Å². The number of hydrogen-bond acceptors (Lipinski definition) is 4. The van der Waals surface area contributed by atoms with Gasteiger partial charge < -0.3 is 15.0 Å². The third kappa shape index (κ3) is 4.71. The van der Waals surface area contributed by atoms with Gasteiger partial charge in [0.15, 0.2) is 5.78 Å². The van der Waals surface area contributed by atoms with Crippen LogP contribution in [-0.4, -0.2) is 52.9 Å². The van der Waals surface area contributed by atoms with Crippen molar-refractivity contribution in [3.63, 3.8) is 0 Å². The minimum Gasteiger partial charge on any atom is -0.441 e. The van der Waals surface area contributed by atoms with Gasteiger partial charge in [-0.15, -0.1) is 0 Å². The van der Waals surface area contributed by atoms with Crippen LogP contribution in [0.1, 0.15) is 41.3 Å². The summed E-state index contributed by atoms with van der Waals surface area (Å²) < 4.78 is 5.77. The fraction of sp³-hybridized carbons (Fsp3) is 0.375. The van der Waals surface area contributed by atoms with Crippen molar-refractivity contribution >= 4 is 23.6 Å². The van der Waals surface area contributed by atoms with Gasteiger partial charge in [-0.05, 0) is 31.5 Å². The van der Waals surface area contributed by atoms with Gasteiger partial charge in [0.1, 0.15) is 5.60 Å². The Bertz CT molecular complexity index is 977. The Kier molecular flexibility index (Phi) is 5.67. The number of carbonyl (C=O) groups is 3. The van der Waals surface area contributed by atoms with E-state index in [1.54, 1.807) is 21.9 Å². The van der Waals surface area contributed by atoms with E-state index in [9.17, 15) is 14.4 Å². The lowest BCUT2D eigenvalue weighted by molar-refractivity contribution is 0.0109. The van der Waals surface area contributed by atoms with Crippen LogP contribution in [0.5, 0.6) is 0 Å². The highest BCUT2D eigenvalue weighted by Crippen LogP contribution is 2.34. The summed E-state index contributed by atoms with van der Waals surface area (Å²) in [6, 6.07) is 14.9. The average Bonchev–Trinajstić information content (AvgIpc) is 3.05. The van der Waals surface area contributed by atoms with Crippen LogP contribution in [0.25, 0.3) is 0 Å². The molecule has 0 aromatic heterocycles. The topological polar surface area (TPSA) is 79.0 Å². The number of anilines is 1. The monoisotopic (exact) mass is 421 g/mol. The van der Waals surface area contributed by atoms with Crippen molar-refractivity contribution in [3.8, 4) is 0 Å². The SMILES string of the molecule is CC(=O)c1ccc(CN2CC3(CCN(C(=O)Nc4ccc(C)cc4)CC3)OC2=O)cc1. The molecule has 0 bridgehead atoms. The third-order valence-corrected chi connectivity index (χ3v) is 6.04. The number of likely N-dealkylation sites (tertiary alicyclic amines) is 1. The molecule has 2 aromatic carbocycles. The second-order valence-corrected chi connectivity index (χ2v) is 8.44. The van der Waals surface area contributed by atoms with Crippen LogP contribution in [-0.2, 0) is 11.3 Å². The van der Waals surface area contributed by atoms with E-state index in [1.807, 2.05) is 43.3 Å². The van der Waals surface area contributed by atoms with Gasteiger partial charge in [0.05, 0.1) is 6.54 Å². The van der Waals surface area contributed by atoms with E-state index in [4.69, 9.17) is 4.74 Å². The maximum Gasteiger partial charge on any atom is 0.410 e. The van der Waals surface area contributed by atoms with Crippen LogP contribution in [0.2, 0.25) is 0 Å². The predicted molar refractivity (Wildman–Crippen MR) is 117 cm³/mol. The molecule has 0 saturated carbocycles. The molecule has 2 aliphatic rings. The number of rotatable bonds is 4. The van der Waals surface area contributed by atoms with Crippen LogP contribution in [0.3, 0.4) is 0 Å². The molecule has 2 fully saturated rings. The Hall–Kier alpha value is -3.35. The first-order valence-corrected chi connectivity index (χ1v) is 10.5. The van der Waals surface area contributed by atoms with Gasteiger partial charge in [-0.1, -0.05) is 42.0 Å². The number of carbonyl (C=O) groups excluding carboxylic acids is 3. The van der Waals surface area contributed by atoms with E-state index >= 15 is 0 Å². The molecule has 162 valence electrons. The van der Waals surface area contributed by atoms with Crippen molar-refractivity contribution in [2.45, 2.75) is 38.8 Å². The normalized spacial score (nSPS) is 17.5. The highest BCUT2D eigenvalue weighted by molar-refractivity contribution is 5.94. The Labute approximate surface area is 182 Å². The summed E-state index contributed by atoms with van der Waals surface area (Å²) in [6.45, 7) is 5.55. The molecule has 0 atom stereocenters. The lowest BCUT2D eigenvalue weighted by atomic mass is 9.91. The molecular weight excluding hydrogens is 394 g/mol. The Morgan fingerprint density at radius 3 is 2.29 bits per heavy atom. The van der Waals surface area contributed by atoms with E-state index < -0.39 is 5.60 Å². The van der Waals surface area contributed by atoms with Gasteiger partial charge in [0.25, 0.3) is 0 Å². The Morgan fingerprint density at radius 2 is 1.68 bits per heavy atom. The van der Waals surface area contributed by atoms with Gasteiger partial charge >= 0.3 is 12.1 Å². The van der Waals surface area contributed by atoms with Gasteiger partial charge in [-0.2, -0.15) is 0 Å². The first-order valence-electron chi connectivity index (χ1n) is 10.5. The molecule has 2 aliphatic heterocycles. The summed E-state index contributed by atoms with van der Waals surface area (Å²) in [5.41, 5.74) is 2.97. The molecule has 1 N–H and O–H groups in total. The standard InChI is InChI=1S/C24H27N3O4/c1-17-3-9-21(10-4-17)25-22(29)26-13-11-24(12-14-26)16-27(23(30)31-24)15-19-5-7-20(8-6-19)18(2)28/h3-10H,11-16H2,1-2H3,(H,25,29). The summed E-state index contributed by atoms with van der Waals surface area (Å²) in [7, 11) is 0. The molecule has 0 unspecified atom stereocenters. The number of ketones is 1. The van der Waals surface area contributed by atoms with Crippen LogP contribution < -0.4 is 5.32 Å². The van der Waals surface area contributed by atoms with Crippen LogP contribution >= 0.6 is 0 Å². The van der Waals surface area contributed by atoms with E-state index in [1.165, 1.54) is 6.92 Å². The van der Waals surface area contributed by atoms with Gasteiger partial charge in [-0.25, -0.2) is 9.59 Å². The highest BCUT2D eigenvalue weighted by Gasteiger charge is 2.47. The summed E-state index contributed by atoms with van der Waals surface area (Å²) in [4.78, 5) is 39.9. The Morgan fingerprint density at radius 1 is 1.03 bits per heavy atom. The number of hydrogen-bond donors (Lipinski definition) is 1. The lowest BCUT2D eigenvalue weighted by Crippen LogP contribution is -2.49. The van der Waals surface area contributed by atoms with E-state index in [2.05, 4.69) is 5.32 Å². The number of benzene rings is 2. The van der Waals surface area contributed by atoms with Crippen molar-refractivity contribution in [1.29, 1.82) is 0 Å². The van der Waals surface area contributed by atoms with E-state index in [-0.39, 0.29) is 17.9 Å². The van der Waals surface area contributed by atoms with Crippen molar-refractivity contribution in [3.05, 3.63) is 65.2 Å². The van der Waals surface area contributed by atoms with Crippen LogP contribution in [0, 0.1) is 6.92 Å². The smallest absolute Gasteiger partial charge is 0.410 e. The molecular formula is C24H27N3O4. The van der Waals surface area contributed by atoms with Gasteiger partial charge in [0, 0.05) is 43.7 Å². The number of amides is 3. The van der Waals surface area contributed by atoms with Crippen molar-refractivity contribution in [2.24, 2.45) is 0 Å². The second-order valence-electron chi connectivity index (χ2n) is 8.44. The molecule has 0 radical (unpaired) electrons. The largest absolute Gasteiger partial charge is 0.441 e. The fourth-order valence-electron chi connectivity index (χ4n) is 4.10. The number of nitrogens with zero attached hydrogens (tertiary/aromatic N) is 2. The quantitative estimate of drug-likeness (QED) is 0.750. The maximum atomic E-state index is 12.6. The second kappa shape index (κ2) is 8.41. The van der Waals surface area contributed by atoms with Crippen molar-refractivity contribution in [1.82, 2.24) is 9.80 Å². The van der Waals surface area contributed by atoms with E-state index in [0.717, 1.165) is 16.8 Å². The lowest BCUT2D eigenvalue weighted by Gasteiger charge is -2.37. The minimum atomic E-state index is -0.545. The van der Waals surface area contributed by atoms with Gasteiger partial charge in [0.2, 0.25) is 0 Å². The zero-order valence-electron chi connectivity index (χ0n) is 17.9. The third-order valence-electron chi connectivity index (χ3n) is 6.04. The number of Topliss-reactive ketones (excluding diaryl/α,β-unsaturated/α-hetero) is 1. The first kappa shape index (κ1) is 20.9. The molecule has 2 saturated heterocycles. The highest BCUT2D eigenvalue weighted by atomic mass is 16.6. The fourth-order valence-corrected chi connectivity index (χ4v) is 4.10. The zero-order valence-corrected chi connectivity index (χ0v) is 17.9. The summed E-state index contributed by atoms with van der Waals surface area (Å²) in [6.07, 6.45) is 0.896. The summed E-state index contributed by atoms with van der Waals surface area (Å²) in [5, 5.41) is 2.93. The van der Waals surface area contributed by atoms with Crippen LogP contribution in [0.15, 0.2) is 48.5 Å². The average molecular weight is 421 g/mol. The molecule has 3 amide bonds. The molecule has 2 aromatic rings. The molecule has 0 aliphatic carbocycles. The molecule has 2 heterocycles. The molecule has 4 rings (SSSR count). The summed E-state index contributed by atoms with van der Waals surface area (Å²) in [5.74, 6) is 0.0178. The number of aryl methyl sites for hydroxylation is 1. The predicted octanol–water partition coefficient (Wildman–Crippen LogP) is 4.22. The van der Waals surface area contributed by atoms with E-state index in [0.29, 0.717) is 44.6 Å². The molecule has 7 heteroatoms. The molecule has 7 nitrogen and oxygen atoms in total. The number of urea groups is 1.